The maximum Gasteiger partial charge on any atom is 0.472 e. The molecule has 0 aromatic rings. The van der Waals surface area contributed by atoms with Gasteiger partial charge in [-0.2, -0.15) is 0 Å². The largest absolute Gasteiger partial charge is 0.472 e. The number of allylic oxidation sites excluding steroid dienone is 4. The van der Waals surface area contributed by atoms with Gasteiger partial charge in [0.1, 0.15) is 19.8 Å². The summed E-state index contributed by atoms with van der Waals surface area (Å²) in [5.74, 6) is -0.819. The van der Waals surface area contributed by atoms with Crippen LogP contribution < -0.4 is 0 Å². The van der Waals surface area contributed by atoms with E-state index in [-0.39, 0.29) is 32.0 Å². The first kappa shape index (κ1) is 48.5. The molecule has 0 saturated heterocycles. The minimum absolute atomic E-state index is 0.0296. The molecule has 0 aliphatic carbocycles. The topological polar surface area (TPSA) is 108 Å². The summed E-state index contributed by atoms with van der Waals surface area (Å²) >= 11 is 0. The summed E-state index contributed by atoms with van der Waals surface area (Å²) in [6.07, 6.45) is 33.6. The van der Waals surface area contributed by atoms with Gasteiger partial charge in [0.15, 0.2) is 6.10 Å². The van der Waals surface area contributed by atoms with Crippen LogP contribution in [0.5, 0.6) is 0 Å². The van der Waals surface area contributed by atoms with E-state index < -0.39 is 26.5 Å². The van der Waals surface area contributed by atoms with E-state index in [2.05, 4.69) is 38.2 Å². The number of unbranched alkanes of at least 4 members (excludes halogenated alkanes) is 18. The van der Waals surface area contributed by atoms with Crippen LogP contribution in [0.3, 0.4) is 0 Å². The zero-order chi connectivity index (χ0) is 37.2. The molecule has 0 fully saturated rings. The Hall–Kier alpha value is -1.51. The predicted octanol–water partition coefficient (Wildman–Crippen LogP) is 10.8. The smallest absolute Gasteiger partial charge is 0.462 e. The monoisotopic (exact) mass is 731 g/mol. The number of quaternary nitrogens is 1. The van der Waals surface area contributed by atoms with Gasteiger partial charge in [0.2, 0.25) is 0 Å². The summed E-state index contributed by atoms with van der Waals surface area (Å²) in [4.78, 5) is 35.2. The number of ether oxygens (including phenoxy) is 2. The van der Waals surface area contributed by atoms with Crippen LogP contribution in [0.2, 0.25) is 0 Å². The second-order valence-corrected chi connectivity index (χ2v) is 16.1. The molecular formula is C40H77NO8P+. The Bertz CT molecular complexity index is 918. The average Bonchev–Trinajstić information content (AvgIpc) is 3.06. The molecule has 0 heterocycles. The zero-order valence-corrected chi connectivity index (χ0v) is 33.8. The lowest BCUT2D eigenvalue weighted by Gasteiger charge is -2.24. The number of phosphoric acid groups is 1. The number of carbonyl (C=O) groups excluding carboxylic acids is 2. The lowest BCUT2D eigenvalue weighted by atomic mass is 10.1. The van der Waals surface area contributed by atoms with E-state index in [4.69, 9.17) is 18.5 Å². The van der Waals surface area contributed by atoms with E-state index in [1.165, 1.54) is 64.2 Å². The lowest BCUT2D eigenvalue weighted by Crippen LogP contribution is -2.37. The highest BCUT2D eigenvalue weighted by Gasteiger charge is 2.27. The number of likely N-dealkylation sites (N-methyl/N-ethyl adjacent to an activating group) is 1. The van der Waals surface area contributed by atoms with Gasteiger partial charge in [-0.25, -0.2) is 4.57 Å². The molecule has 0 bridgehead atoms. The molecule has 50 heavy (non-hydrogen) atoms. The number of hydrogen-bond acceptors (Lipinski definition) is 7. The van der Waals surface area contributed by atoms with Crippen LogP contribution in [0, 0.1) is 0 Å². The molecule has 1 N–H and O–H groups in total. The fraction of sp³-hybridized carbons (Fsp3) is 0.850. The van der Waals surface area contributed by atoms with Gasteiger partial charge >= 0.3 is 19.8 Å². The Morgan fingerprint density at radius 1 is 0.600 bits per heavy atom. The zero-order valence-electron chi connectivity index (χ0n) is 32.9. The van der Waals surface area contributed by atoms with Gasteiger partial charge in [0, 0.05) is 12.8 Å². The van der Waals surface area contributed by atoms with Gasteiger partial charge in [-0.05, 0) is 64.2 Å². The Morgan fingerprint density at radius 3 is 1.52 bits per heavy atom. The highest BCUT2D eigenvalue weighted by atomic mass is 31.2. The number of phosphoric ester groups is 1. The van der Waals surface area contributed by atoms with Crippen LogP contribution in [-0.4, -0.2) is 74.9 Å². The van der Waals surface area contributed by atoms with Crippen molar-refractivity contribution in [1.29, 1.82) is 0 Å². The molecule has 0 aliphatic heterocycles. The molecule has 0 aliphatic rings. The third kappa shape index (κ3) is 36.3. The average molecular weight is 731 g/mol. The molecule has 0 aromatic carbocycles. The van der Waals surface area contributed by atoms with E-state index in [0.29, 0.717) is 17.4 Å². The van der Waals surface area contributed by atoms with Crippen molar-refractivity contribution in [3.8, 4) is 0 Å². The lowest BCUT2D eigenvalue weighted by molar-refractivity contribution is -0.870. The van der Waals surface area contributed by atoms with Gasteiger partial charge in [-0.1, -0.05) is 115 Å². The summed E-state index contributed by atoms with van der Waals surface area (Å²) in [5.41, 5.74) is 0. The van der Waals surface area contributed by atoms with Crippen LogP contribution in [-0.2, 0) is 32.7 Å². The fourth-order valence-electron chi connectivity index (χ4n) is 5.24. The number of nitrogens with zero attached hydrogens (tertiary/aromatic N) is 1. The van der Waals surface area contributed by atoms with Crippen LogP contribution >= 0.6 is 7.82 Å². The van der Waals surface area contributed by atoms with Crippen molar-refractivity contribution in [1.82, 2.24) is 0 Å². The maximum absolute atomic E-state index is 12.6. The van der Waals surface area contributed by atoms with Gasteiger partial charge in [0.05, 0.1) is 27.7 Å². The molecule has 0 amide bonds. The van der Waals surface area contributed by atoms with Crippen molar-refractivity contribution in [3.63, 3.8) is 0 Å². The Kier molecular flexibility index (Phi) is 32.3. The van der Waals surface area contributed by atoms with E-state index in [1.807, 2.05) is 21.1 Å². The Labute approximate surface area is 307 Å². The molecule has 0 aromatic heterocycles. The molecular weight excluding hydrogens is 653 g/mol. The SMILES string of the molecule is CCCCC/C=C\CCCCCCCC(=O)OC[C@H](COP(=O)(O)OCC[N+](C)(C)C)OC(=O)CCCCCCC/C=C\CCCCCCC. The van der Waals surface area contributed by atoms with E-state index in [1.54, 1.807) is 0 Å². The molecule has 0 radical (unpaired) electrons. The van der Waals surface area contributed by atoms with Crippen molar-refractivity contribution < 1.29 is 42.1 Å². The third-order valence-electron chi connectivity index (χ3n) is 8.45. The van der Waals surface area contributed by atoms with Crippen LogP contribution in [0.25, 0.3) is 0 Å². The minimum Gasteiger partial charge on any atom is -0.462 e. The standard InChI is InChI=1S/C40H76NO8P/c1-6-8-10-12-14-16-18-20-21-23-25-27-29-31-33-40(43)49-38(37-48-50(44,45)47-35-34-41(3,4)5)36-46-39(42)32-30-28-26-24-22-19-17-15-13-11-9-7-2/h15,17-18,20,38H,6-14,16,19,21-37H2,1-5H3/p+1/b17-15-,20-18-/t38-/m1/s1. The van der Waals surface area contributed by atoms with E-state index in [0.717, 1.165) is 70.6 Å². The van der Waals surface area contributed by atoms with Gasteiger partial charge in [-0.15, -0.1) is 0 Å². The first-order valence-electron chi connectivity index (χ1n) is 20.1. The van der Waals surface area contributed by atoms with Gasteiger partial charge in [-0.3, -0.25) is 18.6 Å². The molecule has 10 heteroatoms. The quantitative estimate of drug-likeness (QED) is 0.0223. The van der Waals surface area contributed by atoms with Crippen LogP contribution in [0.4, 0.5) is 0 Å². The summed E-state index contributed by atoms with van der Waals surface area (Å²) in [5, 5.41) is 0. The van der Waals surface area contributed by atoms with Gasteiger partial charge in [0.25, 0.3) is 0 Å². The summed E-state index contributed by atoms with van der Waals surface area (Å²) in [7, 11) is 1.47. The summed E-state index contributed by atoms with van der Waals surface area (Å²) in [6.45, 7) is 4.36. The molecule has 0 spiro atoms. The summed E-state index contributed by atoms with van der Waals surface area (Å²) in [6, 6.07) is 0. The first-order chi connectivity index (χ1) is 24.0. The summed E-state index contributed by atoms with van der Waals surface area (Å²) < 4.78 is 34.2. The van der Waals surface area contributed by atoms with E-state index in [9.17, 15) is 19.0 Å². The van der Waals surface area contributed by atoms with Crippen molar-refractivity contribution in [3.05, 3.63) is 24.3 Å². The molecule has 0 saturated carbocycles. The second kappa shape index (κ2) is 33.3. The number of esters is 2. The maximum atomic E-state index is 12.6. The van der Waals surface area contributed by atoms with E-state index >= 15 is 0 Å². The molecule has 1 unspecified atom stereocenters. The molecule has 2 atom stereocenters. The Balaban J connectivity index is 4.44. The number of hydrogen-bond donors (Lipinski definition) is 1. The van der Waals surface area contributed by atoms with Crippen molar-refractivity contribution in [2.45, 2.75) is 174 Å². The van der Waals surface area contributed by atoms with Crippen LogP contribution in [0.15, 0.2) is 24.3 Å². The third-order valence-corrected chi connectivity index (χ3v) is 9.44. The van der Waals surface area contributed by atoms with Crippen molar-refractivity contribution in [2.75, 3.05) is 47.5 Å². The second-order valence-electron chi connectivity index (χ2n) is 14.7. The van der Waals surface area contributed by atoms with Gasteiger partial charge < -0.3 is 18.9 Å². The molecule has 9 nitrogen and oxygen atoms in total. The number of rotatable bonds is 36. The van der Waals surface area contributed by atoms with Crippen molar-refractivity contribution in [2.24, 2.45) is 0 Å². The highest BCUT2D eigenvalue weighted by molar-refractivity contribution is 7.47. The first-order valence-corrected chi connectivity index (χ1v) is 21.6. The highest BCUT2D eigenvalue weighted by Crippen LogP contribution is 2.43. The minimum atomic E-state index is -4.37. The molecule has 294 valence electrons. The van der Waals surface area contributed by atoms with Crippen LogP contribution in [0.1, 0.15) is 168 Å². The number of carbonyl (C=O) groups is 2. The predicted molar refractivity (Wildman–Crippen MR) is 206 cm³/mol. The fourth-order valence-corrected chi connectivity index (χ4v) is 5.98. The normalized spacial score (nSPS) is 14.0. The van der Waals surface area contributed by atoms with Crippen molar-refractivity contribution >= 4 is 19.8 Å². The molecule has 0 rings (SSSR count). The Morgan fingerprint density at radius 2 is 1.02 bits per heavy atom.